The minimum atomic E-state index is -4.67. The first-order valence-corrected chi connectivity index (χ1v) is 8.18. The molecule has 0 aromatic heterocycles. The van der Waals surface area contributed by atoms with E-state index in [1.807, 2.05) is 0 Å². The number of hydrogen-bond acceptors (Lipinski definition) is 2. The van der Waals surface area contributed by atoms with Crippen molar-refractivity contribution in [2.75, 3.05) is 5.32 Å². The molecule has 5 nitrogen and oxygen atoms in total. The smallest absolute Gasteiger partial charge is 0.327 e. The van der Waals surface area contributed by atoms with Gasteiger partial charge in [0.2, 0.25) is 0 Å². The molecule has 9 heteroatoms. The monoisotopic (exact) mass is 393 g/mol. The van der Waals surface area contributed by atoms with Crippen molar-refractivity contribution in [3.05, 3.63) is 76.7 Å². The fourth-order valence-electron chi connectivity index (χ4n) is 2.97. The van der Waals surface area contributed by atoms with Gasteiger partial charge in [0.25, 0.3) is 5.91 Å². The summed E-state index contributed by atoms with van der Waals surface area (Å²) in [4.78, 5) is 24.6. The van der Waals surface area contributed by atoms with Crippen LogP contribution in [0.1, 0.15) is 24.1 Å². The van der Waals surface area contributed by atoms with Crippen molar-refractivity contribution < 1.29 is 27.2 Å². The highest BCUT2D eigenvalue weighted by Gasteiger charge is 2.36. The van der Waals surface area contributed by atoms with Crippen LogP contribution in [0.15, 0.2) is 59.8 Å². The molecule has 0 radical (unpaired) electrons. The second-order valence-corrected chi connectivity index (χ2v) is 6.09. The van der Waals surface area contributed by atoms with E-state index in [0.29, 0.717) is 0 Å². The van der Waals surface area contributed by atoms with Crippen LogP contribution in [0.25, 0.3) is 0 Å². The molecule has 28 heavy (non-hydrogen) atoms. The molecule has 2 aromatic rings. The fraction of sp³-hybridized carbons (Fsp3) is 0.158. The molecule has 0 bridgehead atoms. The van der Waals surface area contributed by atoms with E-state index in [4.69, 9.17) is 0 Å². The minimum absolute atomic E-state index is 0.0194. The molecule has 1 aliphatic rings. The average molecular weight is 393 g/mol. The number of rotatable bonds is 3. The maximum absolute atomic E-state index is 14.2. The Morgan fingerprint density at radius 1 is 1.07 bits per heavy atom. The molecule has 1 aliphatic heterocycles. The number of halogens is 4. The maximum atomic E-state index is 14.2. The van der Waals surface area contributed by atoms with Crippen LogP contribution in [0.2, 0.25) is 0 Å². The van der Waals surface area contributed by atoms with Gasteiger partial charge in [0, 0.05) is 11.3 Å². The Morgan fingerprint density at radius 2 is 1.71 bits per heavy atom. The van der Waals surface area contributed by atoms with Crippen molar-refractivity contribution in [1.29, 1.82) is 0 Å². The van der Waals surface area contributed by atoms with E-state index in [-0.39, 0.29) is 16.8 Å². The van der Waals surface area contributed by atoms with Gasteiger partial charge >= 0.3 is 12.2 Å². The molecule has 0 aliphatic carbocycles. The lowest BCUT2D eigenvalue weighted by atomic mass is 9.94. The second-order valence-electron chi connectivity index (χ2n) is 6.09. The van der Waals surface area contributed by atoms with Crippen LogP contribution in [0, 0.1) is 5.82 Å². The summed E-state index contributed by atoms with van der Waals surface area (Å²) in [5.41, 5.74) is -1.42. The summed E-state index contributed by atoms with van der Waals surface area (Å²) in [6.07, 6.45) is -4.67. The highest BCUT2D eigenvalue weighted by atomic mass is 19.4. The number of nitrogens with one attached hydrogen (secondary N) is 3. The zero-order valence-electron chi connectivity index (χ0n) is 14.5. The first-order chi connectivity index (χ1) is 13.2. The number of amides is 3. The number of carbonyl (C=O) groups excluding carboxylic acids is 2. The van der Waals surface area contributed by atoms with Gasteiger partial charge in [-0.1, -0.05) is 30.3 Å². The normalized spacial score (nSPS) is 17.0. The van der Waals surface area contributed by atoms with Crippen LogP contribution < -0.4 is 16.0 Å². The zero-order chi connectivity index (χ0) is 20.5. The van der Waals surface area contributed by atoms with Crippen molar-refractivity contribution in [3.63, 3.8) is 0 Å². The number of allylic oxidation sites excluding steroid dienone is 1. The molecule has 0 saturated carbocycles. The zero-order valence-corrected chi connectivity index (χ0v) is 14.5. The number of anilines is 1. The van der Waals surface area contributed by atoms with Gasteiger partial charge in [-0.25, -0.2) is 9.18 Å². The maximum Gasteiger partial charge on any atom is 0.418 e. The van der Waals surface area contributed by atoms with E-state index < -0.39 is 41.2 Å². The van der Waals surface area contributed by atoms with E-state index in [2.05, 4.69) is 16.0 Å². The molecule has 1 atom stereocenters. The third-order valence-electron chi connectivity index (χ3n) is 4.21. The Balaban J connectivity index is 2.01. The van der Waals surface area contributed by atoms with Crippen molar-refractivity contribution in [2.45, 2.75) is 19.1 Å². The molecule has 3 rings (SSSR count). The SMILES string of the molecule is CC1=C(C(=O)Nc2ccccc2C(F)(F)F)[C@H](c2ccccc2F)NC(=O)N1. The Bertz CT molecular complexity index is 970. The van der Waals surface area contributed by atoms with Crippen LogP contribution in [0.3, 0.4) is 0 Å². The molecule has 3 amide bonds. The Kier molecular flexibility index (Phi) is 5.08. The van der Waals surface area contributed by atoms with Crippen LogP contribution >= 0.6 is 0 Å². The largest absolute Gasteiger partial charge is 0.418 e. The van der Waals surface area contributed by atoms with Crippen LogP contribution in [0.5, 0.6) is 0 Å². The van der Waals surface area contributed by atoms with Gasteiger partial charge in [-0.05, 0) is 25.1 Å². The number of para-hydroxylation sites is 1. The molecule has 2 aromatic carbocycles. The standard InChI is InChI=1S/C19H15F4N3O2/c1-10-15(16(26-18(28)24-10)11-6-2-4-8-13(11)20)17(27)25-14-9-5-3-7-12(14)19(21,22)23/h2-9,16H,1H3,(H,25,27)(H2,24,26,28)/t16-/m0/s1. The van der Waals surface area contributed by atoms with Gasteiger partial charge in [0.1, 0.15) is 5.82 Å². The summed E-state index contributed by atoms with van der Waals surface area (Å²) >= 11 is 0. The highest BCUT2D eigenvalue weighted by molar-refractivity contribution is 6.07. The van der Waals surface area contributed by atoms with E-state index in [1.165, 1.54) is 37.3 Å². The summed E-state index contributed by atoms with van der Waals surface area (Å²) in [6.45, 7) is 1.41. The fourth-order valence-corrected chi connectivity index (χ4v) is 2.97. The van der Waals surface area contributed by atoms with Crippen molar-refractivity contribution in [2.24, 2.45) is 0 Å². The summed E-state index contributed by atoms with van der Waals surface area (Å²) in [6, 6.07) is 8.20. The van der Waals surface area contributed by atoms with Crippen molar-refractivity contribution in [3.8, 4) is 0 Å². The molecule has 0 unspecified atom stereocenters. The summed E-state index contributed by atoms with van der Waals surface area (Å²) < 4.78 is 53.8. The van der Waals surface area contributed by atoms with Crippen LogP contribution in [-0.2, 0) is 11.0 Å². The van der Waals surface area contributed by atoms with Crippen molar-refractivity contribution in [1.82, 2.24) is 10.6 Å². The van der Waals surface area contributed by atoms with E-state index in [1.54, 1.807) is 0 Å². The number of urea groups is 1. The summed E-state index contributed by atoms with van der Waals surface area (Å²) in [5.74, 6) is -1.56. The number of carbonyl (C=O) groups is 2. The van der Waals surface area contributed by atoms with Gasteiger partial charge < -0.3 is 16.0 Å². The average Bonchev–Trinajstić information content (AvgIpc) is 2.61. The van der Waals surface area contributed by atoms with Gasteiger partial charge in [0.15, 0.2) is 0 Å². The molecular weight excluding hydrogens is 378 g/mol. The van der Waals surface area contributed by atoms with Gasteiger partial charge in [-0.15, -0.1) is 0 Å². The Morgan fingerprint density at radius 3 is 2.39 bits per heavy atom. The van der Waals surface area contributed by atoms with E-state index in [9.17, 15) is 27.2 Å². The molecule has 3 N–H and O–H groups in total. The Hall–Kier alpha value is -3.36. The quantitative estimate of drug-likeness (QED) is 0.687. The predicted molar refractivity (Wildman–Crippen MR) is 93.6 cm³/mol. The number of alkyl halides is 3. The summed E-state index contributed by atoms with van der Waals surface area (Å²) in [7, 11) is 0. The van der Waals surface area contributed by atoms with Crippen LogP contribution in [-0.4, -0.2) is 11.9 Å². The Labute approximate surface area is 157 Å². The summed E-state index contributed by atoms with van der Waals surface area (Å²) in [5, 5.41) is 7.04. The van der Waals surface area contributed by atoms with Gasteiger partial charge in [-0.2, -0.15) is 13.2 Å². The molecule has 146 valence electrons. The van der Waals surface area contributed by atoms with Crippen molar-refractivity contribution >= 4 is 17.6 Å². The second kappa shape index (κ2) is 7.34. The van der Waals surface area contributed by atoms with Gasteiger partial charge in [-0.3, -0.25) is 4.79 Å². The highest BCUT2D eigenvalue weighted by Crippen LogP contribution is 2.35. The van der Waals surface area contributed by atoms with Crippen LogP contribution in [0.4, 0.5) is 28.0 Å². The van der Waals surface area contributed by atoms with E-state index in [0.717, 1.165) is 18.2 Å². The number of hydrogen-bond donors (Lipinski definition) is 3. The third kappa shape index (κ3) is 3.83. The van der Waals surface area contributed by atoms with Gasteiger partial charge in [0.05, 0.1) is 22.9 Å². The predicted octanol–water partition coefficient (Wildman–Crippen LogP) is 4.11. The lowest BCUT2D eigenvalue weighted by Gasteiger charge is -2.29. The molecule has 0 spiro atoms. The molecule has 1 heterocycles. The minimum Gasteiger partial charge on any atom is -0.327 e. The molecule has 0 saturated heterocycles. The topological polar surface area (TPSA) is 70.2 Å². The lowest BCUT2D eigenvalue weighted by molar-refractivity contribution is -0.137. The number of benzene rings is 2. The first kappa shape index (κ1) is 19.4. The lowest BCUT2D eigenvalue weighted by Crippen LogP contribution is -2.46. The first-order valence-electron chi connectivity index (χ1n) is 8.18. The third-order valence-corrected chi connectivity index (χ3v) is 4.21. The van der Waals surface area contributed by atoms with E-state index >= 15 is 0 Å². The molecular formula is C19H15F4N3O2. The molecule has 0 fully saturated rings.